The molecule has 0 aliphatic carbocycles. The Morgan fingerprint density at radius 2 is 2.45 bits per heavy atom. The number of nitrogens with two attached hydrogens (primary N) is 1. The number of aromatic nitrogens is 3. The van der Waals surface area contributed by atoms with Gasteiger partial charge in [-0.05, 0) is 19.2 Å². The molecule has 0 aromatic carbocycles. The zero-order valence-corrected chi connectivity index (χ0v) is 7.32. The highest BCUT2D eigenvalue weighted by atomic mass is 32.2. The van der Waals surface area contributed by atoms with Crippen LogP contribution in [0.25, 0.3) is 0 Å². The normalized spacial score (nSPS) is 10.4. The number of aromatic amines is 1. The third-order valence-electron chi connectivity index (χ3n) is 1.31. The smallest absolute Gasteiger partial charge is 0.208 e. The first-order valence-corrected chi connectivity index (χ1v) is 4.74. The summed E-state index contributed by atoms with van der Waals surface area (Å²) in [6.07, 6.45) is 3.81. The Kier molecular flexibility index (Phi) is 3.38. The Morgan fingerprint density at radius 3 is 3.00 bits per heavy atom. The number of aryl methyl sites for hydroxylation is 1. The molecule has 0 radical (unpaired) electrons. The van der Waals surface area contributed by atoms with E-state index in [1.807, 2.05) is 6.26 Å². The molecule has 5 heteroatoms. The van der Waals surface area contributed by atoms with E-state index in [1.54, 1.807) is 0 Å². The van der Waals surface area contributed by atoms with Crippen LogP contribution in [0.2, 0.25) is 0 Å². The molecule has 1 aromatic heterocycles. The predicted octanol–water partition coefficient (Wildman–Crippen LogP) is 0.418. The standard InChI is InChI=1S/C6H12N4S/c1-11-6-8-5(9-10-6)3-2-4-7/h2-4,7H2,1H3,(H,8,9,10). The SMILES string of the molecule is CSc1n[nH]c(CCCN)n1. The van der Waals surface area contributed by atoms with Crippen LogP contribution < -0.4 is 5.73 Å². The van der Waals surface area contributed by atoms with E-state index < -0.39 is 0 Å². The van der Waals surface area contributed by atoms with Gasteiger partial charge >= 0.3 is 0 Å². The third kappa shape index (κ3) is 2.51. The Morgan fingerprint density at radius 1 is 1.64 bits per heavy atom. The molecule has 0 amide bonds. The van der Waals surface area contributed by atoms with E-state index >= 15 is 0 Å². The van der Waals surface area contributed by atoms with Crippen LogP contribution in [0.5, 0.6) is 0 Å². The first-order chi connectivity index (χ1) is 5.36. The van der Waals surface area contributed by atoms with Crippen molar-refractivity contribution in [2.45, 2.75) is 18.0 Å². The van der Waals surface area contributed by atoms with Crippen LogP contribution in [0.3, 0.4) is 0 Å². The van der Waals surface area contributed by atoms with Crippen LogP contribution in [0, 0.1) is 0 Å². The molecule has 1 heterocycles. The van der Waals surface area contributed by atoms with Gasteiger partial charge in [0.25, 0.3) is 0 Å². The maximum absolute atomic E-state index is 5.35. The van der Waals surface area contributed by atoms with Crippen molar-refractivity contribution in [3.05, 3.63) is 5.82 Å². The lowest BCUT2D eigenvalue weighted by Gasteiger charge is -1.89. The molecule has 0 spiro atoms. The fourth-order valence-electron chi connectivity index (χ4n) is 0.750. The van der Waals surface area contributed by atoms with E-state index in [-0.39, 0.29) is 0 Å². The molecule has 0 aliphatic heterocycles. The van der Waals surface area contributed by atoms with E-state index in [1.165, 1.54) is 11.8 Å². The first-order valence-electron chi connectivity index (χ1n) is 3.52. The minimum Gasteiger partial charge on any atom is -0.330 e. The minimum atomic E-state index is 0.704. The highest BCUT2D eigenvalue weighted by Crippen LogP contribution is 2.07. The monoisotopic (exact) mass is 172 g/mol. The highest BCUT2D eigenvalue weighted by Gasteiger charge is 1.99. The van der Waals surface area contributed by atoms with Gasteiger partial charge in [0, 0.05) is 6.42 Å². The second-order valence-electron chi connectivity index (χ2n) is 2.16. The van der Waals surface area contributed by atoms with Crippen LogP contribution >= 0.6 is 11.8 Å². The lowest BCUT2D eigenvalue weighted by Crippen LogP contribution is -2.01. The van der Waals surface area contributed by atoms with E-state index in [9.17, 15) is 0 Å². The zero-order valence-electron chi connectivity index (χ0n) is 6.50. The number of thioether (sulfide) groups is 1. The van der Waals surface area contributed by atoms with Gasteiger partial charge in [0.2, 0.25) is 5.16 Å². The average Bonchev–Trinajstić information content (AvgIpc) is 2.48. The second kappa shape index (κ2) is 4.35. The van der Waals surface area contributed by atoms with Gasteiger partial charge in [-0.2, -0.15) is 0 Å². The summed E-state index contributed by atoms with van der Waals surface area (Å²) in [6, 6.07) is 0. The topological polar surface area (TPSA) is 67.6 Å². The molecule has 3 N–H and O–H groups in total. The second-order valence-corrected chi connectivity index (χ2v) is 2.93. The maximum atomic E-state index is 5.35. The number of nitrogens with one attached hydrogen (secondary N) is 1. The minimum absolute atomic E-state index is 0.704. The molecular weight excluding hydrogens is 160 g/mol. The molecule has 1 rings (SSSR count). The molecule has 0 saturated heterocycles. The summed E-state index contributed by atoms with van der Waals surface area (Å²) in [7, 11) is 0. The molecule has 4 nitrogen and oxygen atoms in total. The molecule has 0 unspecified atom stereocenters. The number of rotatable bonds is 4. The molecule has 1 aromatic rings. The van der Waals surface area contributed by atoms with Crippen molar-refractivity contribution in [1.29, 1.82) is 0 Å². The van der Waals surface area contributed by atoms with Gasteiger partial charge in [0.15, 0.2) is 0 Å². The summed E-state index contributed by atoms with van der Waals surface area (Å²) in [5, 5.41) is 7.63. The van der Waals surface area contributed by atoms with E-state index in [2.05, 4.69) is 15.2 Å². The Bertz CT molecular complexity index is 210. The van der Waals surface area contributed by atoms with Crippen molar-refractivity contribution in [2.24, 2.45) is 5.73 Å². The van der Waals surface area contributed by atoms with Gasteiger partial charge in [-0.15, -0.1) is 5.10 Å². The number of hydrogen-bond acceptors (Lipinski definition) is 4. The molecule has 0 saturated carbocycles. The van der Waals surface area contributed by atoms with Crippen LogP contribution in [0.1, 0.15) is 12.2 Å². The summed E-state index contributed by atoms with van der Waals surface area (Å²) in [5.74, 6) is 0.930. The van der Waals surface area contributed by atoms with Crippen LogP contribution in [-0.4, -0.2) is 28.0 Å². The summed E-state index contributed by atoms with van der Waals surface area (Å²) in [4.78, 5) is 4.21. The third-order valence-corrected chi connectivity index (χ3v) is 1.86. The summed E-state index contributed by atoms with van der Waals surface area (Å²) in [5.41, 5.74) is 5.35. The molecule has 11 heavy (non-hydrogen) atoms. The fourth-order valence-corrected chi connectivity index (χ4v) is 1.09. The van der Waals surface area contributed by atoms with Gasteiger partial charge in [-0.25, -0.2) is 4.98 Å². The van der Waals surface area contributed by atoms with E-state index in [0.717, 1.165) is 23.8 Å². The summed E-state index contributed by atoms with van der Waals surface area (Å²) in [6.45, 7) is 0.704. The fraction of sp³-hybridized carbons (Fsp3) is 0.667. The van der Waals surface area contributed by atoms with Gasteiger partial charge in [0.05, 0.1) is 0 Å². The molecule has 0 atom stereocenters. The predicted molar refractivity (Wildman–Crippen MR) is 45.5 cm³/mol. The molecule has 62 valence electrons. The van der Waals surface area contributed by atoms with Crippen LogP contribution in [0.4, 0.5) is 0 Å². The van der Waals surface area contributed by atoms with Gasteiger partial charge in [-0.1, -0.05) is 11.8 Å². The molecule has 0 bridgehead atoms. The van der Waals surface area contributed by atoms with Crippen molar-refractivity contribution in [3.63, 3.8) is 0 Å². The van der Waals surface area contributed by atoms with Crippen molar-refractivity contribution >= 4 is 11.8 Å². The quantitative estimate of drug-likeness (QED) is 0.646. The Labute approximate surface area is 70.0 Å². The van der Waals surface area contributed by atoms with Gasteiger partial charge in [-0.3, -0.25) is 5.10 Å². The summed E-state index contributed by atoms with van der Waals surface area (Å²) >= 11 is 1.54. The number of nitrogens with zero attached hydrogens (tertiary/aromatic N) is 2. The first kappa shape index (κ1) is 8.55. The van der Waals surface area contributed by atoms with Crippen molar-refractivity contribution in [3.8, 4) is 0 Å². The van der Waals surface area contributed by atoms with Crippen molar-refractivity contribution < 1.29 is 0 Å². The van der Waals surface area contributed by atoms with Gasteiger partial charge in [0.1, 0.15) is 5.82 Å². The zero-order chi connectivity index (χ0) is 8.10. The Balaban J connectivity index is 2.44. The molecule has 0 aliphatic rings. The van der Waals surface area contributed by atoms with E-state index in [0.29, 0.717) is 6.54 Å². The van der Waals surface area contributed by atoms with Crippen molar-refractivity contribution in [2.75, 3.05) is 12.8 Å². The highest BCUT2D eigenvalue weighted by molar-refractivity contribution is 7.98. The lowest BCUT2D eigenvalue weighted by atomic mass is 10.3. The van der Waals surface area contributed by atoms with Crippen LogP contribution in [-0.2, 0) is 6.42 Å². The summed E-state index contributed by atoms with van der Waals surface area (Å²) < 4.78 is 0. The number of H-pyrrole nitrogens is 1. The van der Waals surface area contributed by atoms with Crippen LogP contribution in [0.15, 0.2) is 5.16 Å². The van der Waals surface area contributed by atoms with E-state index in [4.69, 9.17) is 5.73 Å². The molecular formula is C6H12N4S. The van der Waals surface area contributed by atoms with Crippen molar-refractivity contribution in [1.82, 2.24) is 15.2 Å². The lowest BCUT2D eigenvalue weighted by molar-refractivity contribution is 0.784. The largest absolute Gasteiger partial charge is 0.330 e. The van der Waals surface area contributed by atoms with Gasteiger partial charge < -0.3 is 5.73 Å². The molecule has 0 fully saturated rings. The maximum Gasteiger partial charge on any atom is 0.208 e. The average molecular weight is 172 g/mol. The Hall–Kier alpha value is -0.550. The number of hydrogen-bond donors (Lipinski definition) is 2.